The molecule has 0 aliphatic carbocycles. The van der Waals surface area contributed by atoms with Gasteiger partial charge in [0.1, 0.15) is 0 Å². The van der Waals surface area contributed by atoms with Gasteiger partial charge in [0.15, 0.2) is 0 Å². The van der Waals surface area contributed by atoms with Crippen molar-refractivity contribution >= 4 is 0 Å². The average molecular weight is 134 g/mol. The van der Waals surface area contributed by atoms with Crippen LogP contribution in [0.5, 0.6) is 0 Å². The van der Waals surface area contributed by atoms with Crippen LogP contribution < -0.4 is 0 Å². The van der Waals surface area contributed by atoms with E-state index in [1.807, 2.05) is 25.2 Å². The van der Waals surface area contributed by atoms with E-state index in [0.29, 0.717) is 0 Å². The molecule has 0 atom stereocenters. The Morgan fingerprint density at radius 3 is 2.10 bits per heavy atom. The first-order chi connectivity index (χ1) is 4.72. The van der Waals surface area contributed by atoms with Gasteiger partial charge in [-0.3, -0.25) is 0 Å². The van der Waals surface area contributed by atoms with Crippen molar-refractivity contribution in [3.8, 4) is 0 Å². The average Bonchev–Trinajstić information content (AvgIpc) is 1.98. The molecular weight excluding hydrogens is 120 g/mol. The molecule has 0 aliphatic rings. The van der Waals surface area contributed by atoms with Crippen molar-refractivity contribution in [3.63, 3.8) is 0 Å². The minimum absolute atomic E-state index is 1.21. The van der Waals surface area contributed by atoms with E-state index >= 15 is 0 Å². The molecule has 0 aliphatic heterocycles. The van der Waals surface area contributed by atoms with Gasteiger partial charge in [-0.15, -0.1) is 0 Å². The van der Waals surface area contributed by atoms with Gasteiger partial charge in [-0.1, -0.05) is 37.5 Å². The summed E-state index contributed by atoms with van der Waals surface area (Å²) in [6.45, 7) is 11.3. The number of rotatable bonds is 3. The molecule has 0 saturated carbocycles. The van der Waals surface area contributed by atoms with Gasteiger partial charge in [0.2, 0.25) is 0 Å². The van der Waals surface area contributed by atoms with Crippen LogP contribution in [0.15, 0.2) is 48.6 Å². The van der Waals surface area contributed by atoms with E-state index in [0.717, 1.165) is 0 Å². The van der Waals surface area contributed by atoms with Crippen molar-refractivity contribution in [1.82, 2.24) is 0 Å². The highest BCUT2D eigenvalue weighted by molar-refractivity contribution is 5.30. The molecule has 0 amide bonds. The maximum absolute atomic E-state index is 3.67. The molecule has 0 saturated heterocycles. The van der Waals surface area contributed by atoms with Crippen LogP contribution in [0, 0.1) is 0 Å². The van der Waals surface area contributed by atoms with Crippen LogP contribution >= 0.6 is 0 Å². The molecule has 0 fully saturated rings. The predicted octanol–water partition coefficient (Wildman–Crippen LogP) is 3.25. The minimum Gasteiger partial charge on any atom is -0.0991 e. The molecule has 0 aromatic heterocycles. The Kier molecular flexibility index (Phi) is 4.30. The van der Waals surface area contributed by atoms with E-state index in [1.165, 1.54) is 11.1 Å². The molecule has 0 rings (SSSR count). The van der Waals surface area contributed by atoms with Crippen LogP contribution in [0.4, 0.5) is 0 Å². The summed E-state index contributed by atoms with van der Waals surface area (Å²) in [6, 6.07) is 0. The van der Waals surface area contributed by atoms with Gasteiger partial charge in [-0.2, -0.15) is 0 Å². The Labute approximate surface area is 63.3 Å². The van der Waals surface area contributed by atoms with Crippen molar-refractivity contribution < 1.29 is 0 Å². The van der Waals surface area contributed by atoms with Crippen LogP contribution in [0.3, 0.4) is 0 Å². The third-order valence-electron chi connectivity index (χ3n) is 1.41. The largest absolute Gasteiger partial charge is 0.0991 e. The fourth-order valence-electron chi connectivity index (χ4n) is 0.505. The summed E-state index contributed by atoms with van der Waals surface area (Å²) in [5, 5.41) is 0. The zero-order valence-corrected chi connectivity index (χ0v) is 6.72. The van der Waals surface area contributed by atoms with Crippen molar-refractivity contribution in [2.45, 2.75) is 13.8 Å². The van der Waals surface area contributed by atoms with Crippen LogP contribution in [0.25, 0.3) is 0 Å². The summed E-state index contributed by atoms with van der Waals surface area (Å²) in [7, 11) is 0. The fraction of sp³-hybridized carbons (Fsp3) is 0.200. The molecule has 0 N–H and O–H groups in total. The quantitative estimate of drug-likeness (QED) is 0.520. The first-order valence-electron chi connectivity index (χ1n) is 3.31. The highest BCUT2D eigenvalue weighted by Gasteiger charge is 1.84. The van der Waals surface area contributed by atoms with E-state index in [4.69, 9.17) is 0 Å². The van der Waals surface area contributed by atoms with Gasteiger partial charge >= 0.3 is 0 Å². The summed E-state index contributed by atoms with van der Waals surface area (Å²) in [5.74, 6) is 0. The molecule has 54 valence electrons. The number of hydrogen-bond acceptors (Lipinski definition) is 0. The maximum atomic E-state index is 3.67. The summed E-state index contributed by atoms with van der Waals surface area (Å²) >= 11 is 0. The lowest BCUT2D eigenvalue weighted by atomic mass is 10.1. The molecule has 0 unspecified atom stereocenters. The Hall–Kier alpha value is -1.04. The van der Waals surface area contributed by atoms with Crippen LogP contribution in [0.1, 0.15) is 13.8 Å². The Morgan fingerprint density at radius 2 is 1.70 bits per heavy atom. The summed E-state index contributed by atoms with van der Waals surface area (Å²) < 4.78 is 0. The summed E-state index contributed by atoms with van der Waals surface area (Å²) in [5.41, 5.74) is 2.44. The van der Waals surface area contributed by atoms with Crippen LogP contribution in [-0.2, 0) is 0 Å². The normalized spacial score (nSPS) is 13.0. The van der Waals surface area contributed by atoms with Gasteiger partial charge in [0.25, 0.3) is 0 Å². The first-order valence-corrected chi connectivity index (χ1v) is 3.31. The minimum atomic E-state index is 1.21. The SMILES string of the molecule is C=CC=C/C(C)=C(/C)C=C. The standard InChI is InChI=1S/C10H14/c1-5-7-8-10(4)9(3)6-2/h5-8H,1-2H2,3-4H3/b8-7?,10-9-. The number of hydrogen-bond donors (Lipinski definition) is 0. The maximum Gasteiger partial charge on any atom is -0.0395 e. The molecule has 0 nitrogen and oxygen atoms in total. The Morgan fingerprint density at radius 1 is 1.10 bits per heavy atom. The van der Waals surface area contributed by atoms with Gasteiger partial charge < -0.3 is 0 Å². The summed E-state index contributed by atoms with van der Waals surface area (Å²) in [6.07, 6.45) is 7.55. The van der Waals surface area contributed by atoms with Gasteiger partial charge in [0, 0.05) is 0 Å². The zero-order chi connectivity index (χ0) is 7.98. The van der Waals surface area contributed by atoms with Crippen molar-refractivity contribution in [2.24, 2.45) is 0 Å². The lowest BCUT2D eigenvalue weighted by molar-refractivity contribution is 1.38. The van der Waals surface area contributed by atoms with Gasteiger partial charge in [0.05, 0.1) is 0 Å². The molecular formula is C10H14. The van der Waals surface area contributed by atoms with E-state index in [2.05, 4.69) is 20.1 Å². The first kappa shape index (κ1) is 8.96. The molecule has 0 heterocycles. The second kappa shape index (κ2) is 4.80. The zero-order valence-electron chi connectivity index (χ0n) is 6.72. The van der Waals surface area contributed by atoms with Crippen molar-refractivity contribution in [2.75, 3.05) is 0 Å². The van der Waals surface area contributed by atoms with E-state index in [9.17, 15) is 0 Å². The van der Waals surface area contributed by atoms with Crippen molar-refractivity contribution in [3.05, 3.63) is 48.6 Å². The topological polar surface area (TPSA) is 0 Å². The molecule has 0 heteroatoms. The molecule has 0 aromatic carbocycles. The molecule has 10 heavy (non-hydrogen) atoms. The van der Waals surface area contributed by atoms with E-state index < -0.39 is 0 Å². The summed E-state index contributed by atoms with van der Waals surface area (Å²) in [4.78, 5) is 0. The van der Waals surface area contributed by atoms with Crippen molar-refractivity contribution in [1.29, 1.82) is 0 Å². The molecule has 0 spiro atoms. The smallest absolute Gasteiger partial charge is 0.0395 e. The highest BCUT2D eigenvalue weighted by Crippen LogP contribution is 2.04. The highest BCUT2D eigenvalue weighted by atomic mass is 13.9. The predicted molar refractivity (Wildman–Crippen MR) is 47.9 cm³/mol. The third-order valence-corrected chi connectivity index (χ3v) is 1.41. The van der Waals surface area contributed by atoms with Crippen LogP contribution in [0.2, 0.25) is 0 Å². The van der Waals surface area contributed by atoms with E-state index in [-0.39, 0.29) is 0 Å². The monoisotopic (exact) mass is 134 g/mol. The number of allylic oxidation sites excluding steroid dienone is 6. The molecule has 0 bridgehead atoms. The third kappa shape index (κ3) is 3.08. The lowest BCUT2D eigenvalue weighted by Crippen LogP contribution is -1.73. The Balaban J connectivity index is 4.31. The second-order valence-corrected chi connectivity index (χ2v) is 2.16. The lowest BCUT2D eigenvalue weighted by Gasteiger charge is -1.93. The van der Waals surface area contributed by atoms with E-state index in [1.54, 1.807) is 6.08 Å². The fourth-order valence-corrected chi connectivity index (χ4v) is 0.505. The van der Waals surface area contributed by atoms with Crippen LogP contribution in [-0.4, -0.2) is 0 Å². The Bertz CT molecular complexity index is 180. The second-order valence-electron chi connectivity index (χ2n) is 2.16. The van der Waals surface area contributed by atoms with Gasteiger partial charge in [-0.05, 0) is 25.0 Å². The molecule has 0 radical (unpaired) electrons. The van der Waals surface area contributed by atoms with Gasteiger partial charge in [-0.25, -0.2) is 0 Å². The molecule has 0 aromatic rings.